The van der Waals surface area contributed by atoms with E-state index in [0.717, 1.165) is 11.3 Å². The number of nitrogens with two attached hydrogens (primary N) is 1. The second-order valence-electron chi connectivity index (χ2n) is 4.05. The molecule has 0 saturated carbocycles. The maximum atomic E-state index is 5.72. The van der Waals surface area contributed by atoms with Gasteiger partial charge >= 0.3 is 0 Å². The summed E-state index contributed by atoms with van der Waals surface area (Å²) >= 11 is 0. The van der Waals surface area contributed by atoms with E-state index in [1.54, 1.807) is 12.3 Å². The van der Waals surface area contributed by atoms with Gasteiger partial charge in [0.05, 0.1) is 0 Å². The number of aromatic nitrogens is 2. The summed E-state index contributed by atoms with van der Waals surface area (Å²) in [4.78, 5) is 7.84. The molecule has 0 aliphatic carbocycles. The van der Waals surface area contributed by atoms with Crippen molar-refractivity contribution in [2.24, 2.45) is 0 Å². The van der Waals surface area contributed by atoms with Crippen molar-refractivity contribution in [1.29, 1.82) is 0 Å². The molecule has 0 fully saturated rings. The van der Waals surface area contributed by atoms with Gasteiger partial charge in [0.2, 0.25) is 11.8 Å². The Hall–Kier alpha value is -2.10. The third-order valence-corrected chi connectivity index (χ3v) is 2.40. The van der Waals surface area contributed by atoms with E-state index in [1.165, 1.54) is 0 Å². The standard InChI is InChI=1S/C13H15N3O/c1-9(2)10-5-3-4-6-11(10)17-12-7-8-15-13(14)16-12/h3-9H,1-2H3,(H2,14,15,16). The molecule has 2 aromatic rings. The molecule has 0 amide bonds. The van der Waals surface area contributed by atoms with Crippen molar-refractivity contribution in [3.63, 3.8) is 0 Å². The largest absolute Gasteiger partial charge is 0.439 e. The molecule has 0 unspecified atom stereocenters. The molecule has 1 aromatic carbocycles. The number of hydrogen-bond donors (Lipinski definition) is 1. The van der Waals surface area contributed by atoms with Crippen LogP contribution >= 0.6 is 0 Å². The molecule has 1 aromatic heterocycles. The van der Waals surface area contributed by atoms with Gasteiger partial charge in [0, 0.05) is 12.3 Å². The van der Waals surface area contributed by atoms with Crippen LogP contribution in [0.5, 0.6) is 11.6 Å². The van der Waals surface area contributed by atoms with Crippen molar-refractivity contribution < 1.29 is 4.74 Å². The molecule has 0 saturated heterocycles. The number of hydrogen-bond acceptors (Lipinski definition) is 4. The zero-order valence-corrected chi connectivity index (χ0v) is 9.92. The summed E-state index contributed by atoms with van der Waals surface area (Å²) in [5.74, 6) is 1.88. The minimum Gasteiger partial charge on any atom is -0.439 e. The Bertz CT molecular complexity index is 512. The van der Waals surface area contributed by atoms with Crippen LogP contribution in [0.15, 0.2) is 36.5 Å². The fraction of sp³-hybridized carbons (Fsp3) is 0.231. The summed E-state index contributed by atoms with van der Waals surface area (Å²) in [6, 6.07) is 9.59. The first kappa shape index (κ1) is 11.4. The van der Waals surface area contributed by atoms with Crippen LogP contribution in [0.1, 0.15) is 25.3 Å². The van der Waals surface area contributed by atoms with E-state index in [1.807, 2.05) is 24.3 Å². The minimum atomic E-state index is 0.213. The van der Waals surface area contributed by atoms with Gasteiger partial charge in [-0.1, -0.05) is 32.0 Å². The number of ether oxygens (including phenoxy) is 1. The molecule has 0 atom stereocenters. The number of nitrogen functional groups attached to an aromatic ring is 1. The highest BCUT2D eigenvalue weighted by atomic mass is 16.5. The van der Waals surface area contributed by atoms with E-state index in [0.29, 0.717) is 11.8 Å². The molecule has 17 heavy (non-hydrogen) atoms. The highest BCUT2D eigenvalue weighted by molar-refractivity contribution is 5.38. The lowest BCUT2D eigenvalue weighted by molar-refractivity contribution is 0.454. The lowest BCUT2D eigenvalue weighted by Gasteiger charge is -2.12. The summed E-state index contributed by atoms with van der Waals surface area (Å²) in [5, 5.41) is 0. The molecular formula is C13H15N3O. The van der Waals surface area contributed by atoms with Crippen LogP contribution < -0.4 is 10.5 Å². The monoisotopic (exact) mass is 229 g/mol. The topological polar surface area (TPSA) is 61.0 Å². The quantitative estimate of drug-likeness (QED) is 0.878. The van der Waals surface area contributed by atoms with Gasteiger partial charge in [-0.05, 0) is 17.5 Å². The average Bonchev–Trinajstić information content (AvgIpc) is 2.29. The molecule has 0 spiro atoms. The summed E-state index contributed by atoms with van der Waals surface area (Å²) in [7, 11) is 0. The van der Waals surface area contributed by atoms with Crippen LogP contribution in [-0.2, 0) is 0 Å². The van der Waals surface area contributed by atoms with Gasteiger partial charge in [0.15, 0.2) is 0 Å². The summed E-state index contributed by atoms with van der Waals surface area (Å²) in [6.07, 6.45) is 1.58. The Kier molecular flexibility index (Phi) is 3.23. The van der Waals surface area contributed by atoms with Crippen LogP contribution in [0.3, 0.4) is 0 Å². The Morgan fingerprint density at radius 2 is 1.94 bits per heavy atom. The fourth-order valence-electron chi connectivity index (χ4n) is 1.58. The van der Waals surface area contributed by atoms with Crippen molar-refractivity contribution in [2.75, 3.05) is 5.73 Å². The highest BCUT2D eigenvalue weighted by Crippen LogP contribution is 2.29. The number of anilines is 1. The Morgan fingerprint density at radius 3 is 2.65 bits per heavy atom. The van der Waals surface area contributed by atoms with Gasteiger partial charge in [0.25, 0.3) is 0 Å². The maximum Gasteiger partial charge on any atom is 0.224 e. The molecule has 0 bridgehead atoms. The molecule has 0 radical (unpaired) electrons. The smallest absolute Gasteiger partial charge is 0.224 e. The second kappa shape index (κ2) is 4.82. The SMILES string of the molecule is CC(C)c1ccccc1Oc1ccnc(N)n1. The summed E-state index contributed by atoms with van der Waals surface area (Å²) < 4.78 is 5.72. The number of para-hydroxylation sites is 1. The highest BCUT2D eigenvalue weighted by Gasteiger charge is 2.08. The van der Waals surface area contributed by atoms with Gasteiger partial charge in [-0.25, -0.2) is 4.98 Å². The molecule has 1 heterocycles. The van der Waals surface area contributed by atoms with Crippen LogP contribution in [0.4, 0.5) is 5.95 Å². The van der Waals surface area contributed by atoms with Gasteiger partial charge < -0.3 is 10.5 Å². The van der Waals surface area contributed by atoms with Crippen molar-refractivity contribution in [3.8, 4) is 11.6 Å². The Labute approximate surface area is 100 Å². The Balaban J connectivity index is 2.30. The van der Waals surface area contributed by atoms with Crippen molar-refractivity contribution >= 4 is 5.95 Å². The van der Waals surface area contributed by atoms with Gasteiger partial charge in [0.1, 0.15) is 5.75 Å². The maximum absolute atomic E-state index is 5.72. The molecular weight excluding hydrogens is 214 g/mol. The van der Waals surface area contributed by atoms with Crippen LogP contribution in [-0.4, -0.2) is 9.97 Å². The van der Waals surface area contributed by atoms with Gasteiger partial charge in [-0.15, -0.1) is 0 Å². The third kappa shape index (κ3) is 2.72. The average molecular weight is 229 g/mol. The predicted molar refractivity (Wildman–Crippen MR) is 67.0 cm³/mol. The molecule has 0 aliphatic rings. The first-order valence-corrected chi connectivity index (χ1v) is 5.52. The number of nitrogens with zero attached hydrogens (tertiary/aromatic N) is 2. The molecule has 2 rings (SSSR count). The van der Waals surface area contributed by atoms with E-state index in [4.69, 9.17) is 10.5 Å². The first-order chi connectivity index (χ1) is 8.16. The zero-order chi connectivity index (χ0) is 12.3. The molecule has 2 N–H and O–H groups in total. The molecule has 88 valence electrons. The molecule has 4 nitrogen and oxygen atoms in total. The number of benzene rings is 1. The first-order valence-electron chi connectivity index (χ1n) is 5.52. The lowest BCUT2D eigenvalue weighted by atomic mass is 10.0. The van der Waals surface area contributed by atoms with Crippen molar-refractivity contribution in [3.05, 3.63) is 42.1 Å². The minimum absolute atomic E-state index is 0.213. The van der Waals surface area contributed by atoms with Crippen LogP contribution in [0.25, 0.3) is 0 Å². The zero-order valence-electron chi connectivity index (χ0n) is 9.92. The summed E-state index contributed by atoms with van der Waals surface area (Å²) in [5.41, 5.74) is 6.65. The van der Waals surface area contributed by atoms with Gasteiger partial charge in [-0.2, -0.15) is 4.98 Å². The lowest BCUT2D eigenvalue weighted by Crippen LogP contribution is -1.98. The van der Waals surface area contributed by atoms with E-state index >= 15 is 0 Å². The van der Waals surface area contributed by atoms with Crippen molar-refractivity contribution in [2.45, 2.75) is 19.8 Å². The third-order valence-electron chi connectivity index (χ3n) is 2.40. The predicted octanol–water partition coefficient (Wildman–Crippen LogP) is 2.97. The normalized spacial score (nSPS) is 10.5. The second-order valence-corrected chi connectivity index (χ2v) is 4.05. The van der Waals surface area contributed by atoms with E-state index in [2.05, 4.69) is 23.8 Å². The van der Waals surface area contributed by atoms with Gasteiger partial charge in [-0.3, -0.25) is 0 Å². The van der Waals surface area contributed by atoms with Crippen LogP contribution in [0, 0.1) is 0 Å². The Morgan fingerprint density at radius 1 is 1.18 bits per heavy atom. The molecule has 4 heteroatoms. The summed E-state index contributed by atoms with van der Waals surface area (Å²) in [6.45, 7) is 4.24. The molecule has 0 aliphatic heterocycles. The van der Waals surface area contributed by atoms with E-state index in [9.17, 15) is 0 Å². The fourth-order valence-corrected chi connectivity index (χ4v) is 1.58. The van der Waals surface area contributed by atoms with Crippen LogP contribution in [0.2, 0.25) is 0 Å². The van der Waals surface area contributed by atoms with E-state index in [-0.39, 0.29) is 5.95 Å². The number of rotatable bonds is 3. The van der Waals surface area contributed by atoms with E-state index < -0.39 is 0 Å². The van der Waals surface area contributed by atoms with Crippen molar-refractivity contribution in [1.82, 2.24) is 9.97 Å².